The average Bonchev–Trinajstić information content (AvgIpc) is 2.45. The first-order chi connectivity index (χ1) is 9.95. The molecule has 0 fully saturated rings. The molecule has 0 N–H and O–H groups in total. The lowest BCUT2D eigenvalue weighted by atomic mass is 9.95. The number of methoxy groups -OCH3 is 1. The summed E-state index contributed by atoms with van der Waals surface area (Å²) in [5.41, 5.74) is 0.758. The fraction of sp³-hybridized carbons (Fsp3) is 0.250. The van der Waals surface area contributed by atoms with Crippen LogP contribution in [0.25, 0.3) is 6.08 Å². The van der Waals surface area contributed by atoms with Crippen LogP contribution in [0.15, 0.2) is 36.4 Å². The van der Waals surface area contributed by atoms with Gasteiger partial charge in [0.05, 0.1) is 13.5 Å². The number of allylic oxidation sites excluding steroid dienone is 1. The monoisotopic (exact) mass is 288 g/mol. The second-order valence-corrected chi connectivity index (χ2v) is 4.45. The molecule has 21 heavy (non-hydrogen) atoms. The minimum Gasteiger partial charge on any atom is -0.468 e. The van der Waals surface area contributed by atoms with Gasteiger partial charge in [-0.2, -0.15) is 0 Å². The molecule has 1 rings (SSSR count). The first-order valence-corrected chi connectivity index (χ1v) is 6.32. The molecule has 5 heteroatoms. The topological polar surface area (TPSA) is 77.5 Å². The fourth-order valence-electron chi connectivity index (χ4n) is 1.71. The number of hydrogen-bond donors (Lipinski definition) is 0. The van der Waals surface area contributed by atoms with Crippen molar-refractivity contribution in [2.45, 2.75) is 13.3 Å². The van der Waals surface area contributed by atoms with Crippen LogP contribution in [0, 0.1) is 5.92 Å². The molecule has 1 unspecified atom stereocenters. The third-order valence-corrected chi connectivity index (χ3v) is 2.71. The Hall–Kier alpha value is -2.56. The molecule has 0 spiro atoms. The maximum Gasteiger partial charge on any atom is 0.324 e. The van der Waals surface area contributed by atoms with E-state index in [9.17, 15) is 19.2 Å². The number of rotatable bonds is 7. The summed E-state index contributed by atoms with van der Waals surface area (Å²) >= 11 is 0. The van der Waals surface area contributed by atoms with E-state index in [2.05, 4.69) is 4.74 Å². The third kappa shape index (κ3) is 5.14. The number of hydrogen-bond acceptors (Lipinski definition) is 5. The van der Waals surface area contributed by atoms with Crippen molar-refractivity contribution in [2.24, 2.45) is 5.92 Å². The van der Waals surface area contributed by atoms with Crippen molar-refractivity contribution in [1.82, 2.24) is 0 Å². The number of ether oxygens (including phenoxy) is 1. The lowest BCUT2D eigenvalue weighted by molar-refractivity contribution is -0.152. The molecule has 0 bridgehead atoms. The second kappa shape index (κ2) is 7.89. The first-order valence-electron chi connectivity index (χ1n) is 6.32. The smallest absolute Gasteiger partial charge is 0.324 e. The van der Waals surface area contributed by atoms with E-state index < -0.39 is 35.7 Å². The molecule has 0 amide bonds. The van der Waals surface area contributed by atoms with Gasteiger partial charge in [-0.3, -0.25) is 19.2 Å². The lowest BCUT2D eigenvalue weighted by Gasteiger charge is -2.09. The van der Waals surface area contributed by atoms with Gasteiger partial charge in [0, 0.05) is 0 Å². The van der Waals surface area contributed by atoms with Crippen molar-refractivity contribution in [3.05, 3.63) is 42.0 Å². The predicted octanol–water partition coefficient (Wildman–Crippen LogP) is 1.61. The molecule has 0 saturated heterocycles. The molecule has 0 saturated carbocycles. The van der Waals surface area contributed by atoms with E-state index in [0.717, 1.165) is 18.7 Å². The molecule has 0 heterocycles. The Labute approximate surface area is 122 Å². The fourth-order valence-corrected chi connectivity index (χ4v) is 1.71. The van der Waals surface area contributed by atoms with Crippen LogP contribution in [0.3, 0.4) is 0 Å². The SMILES string of the molecule is COC(=O)C(C(=O)/C=C/c1ccccc1)C(=O)CC(C)=O. The highest BCUT2D eigenvalue weighted by atomic mass is 16.5. The molecular formula is C16H16O5. The molecule has 1 aromatic rings. The highest BCUT2D eigenvalue weighted by Crippen LogP contribution is 2.10. The van der Waals surface area contributed by atoms with Crippen molar-refractivity contribution in [3.8, 4) is 0 Å². The van der Waals surface area contributed by atoms with Crippen LogP contribution < -0.4 is 0 Å². The summed E-state index contributed by atoms with van der Waals surface area (Å²) in [5.74, 6) is -4.40. The van der Waals surface area contributed by atoms with Gasteiger partial charge in [0.2, 0.25) is 0 Å². The molecule has 0 aliphatic rings. The molecule has 1 atom stereocenters. The van der Waals surface area contributed by atoms with Crippen LogP contribution >= 0.6 is 0 Å². The van der Waals surface area contributed by atoms with Crippen LogP contribution in [0.4, 0.5) is 0 Å². The first kappa shape index (κ1) is 16.5. The summed E-state index contributed by atoms with van der Waals surface area (Å²) < 4.78 is 4.46. The lowest BCUT2D eigenvalue weighted by Crippen LogP contribution is -2.32. The van der Waals surface area contributed by atoms with E-state index in [1.165, 1.54) is 13.0 Å². The number of Topliss-reactive ketones (excluding diaryl/α,β-unsaturated/α-hetero) is 2. The minimum absolute atomic E-state index is 0.409. The molecule has 0 radical (unpaired) electrons. The molecular weight excluding hydrogens is 272 g/mol. The zero-order valence-electron chi connectivity index (χ0n) is 11.9. The zero-order valence-corrected chi connectivity index (χ0v) is 11.9. The van der Waals surface area contributed by atoms with Gasteiger partial charge in [0.15, 0.2) is 17.5 Å². The van der Waals surface area contributed by atoms with Crippen molar-refractivity contribution < 1.29 is 23.9 Å². The van der Waals surface area contributed by atoms with Gasteiger partial charge in [0.25, 0.3) is 0 Å². The van der Waals surface area contributed by atoms with E-state index in [1.54, 1.807) is 24.3 Å². The van der Waals surface area contributed by atoms with Crippen molar-refractivity contribution >= 4 is 29.4 Å². The Morgan fingerprint density at radius 2 is 1.76 bits per heavy atom. The van der Waals surface area contributed by atoms with Crippen molar-refractivity contribution in [2.75, 3.05) is 7.11 Å². The van der Waals surface area contributed by atoms with E-state index in [1.807, 2.05) is 6.07 Å². The Morgan fingerprint density at radius 3 is 2.29 bits per heavy atom. The Morgan fingerprint density at radius 1 is 1.14 bits per heavy atom. The maximum absolute atomic E-state index is 12.0. The molecule has 0 aliphatic heterocycles. The summed E-state index contributed by atoms with van der Waals surface area (Å²) in [5, 5.41) is 0. The minimum atomic E-state index is -1.58. The normalized spacial score (nSPS) is 11.9. The number of carbonyl (C=O) groups is 4. The highest BCUT2D eigenvalue weighted by Gasteiger charge is 2.33. The number of esters is 1. The van der Waals surface area contributed by atoms with Gasteiger partial charge in [-0.05, 0) is 18.6 Å². The van der Waals surface area contributed by atoms with Gasteiger partial charge < -0.3 is 4.74 Å². The molecule has 1 aromatic carbocycles. The summed E-state index contributed by atoms with van der Waals surface area (Å²) in [7, 11) is 1.09. The Kier molecular flexibility index (Phi) is 6.20. The number of ketones is 3. The average molecular weight is 288 g/mol. The number of carbonyl (C=O) groups excluding carboxylic acids is 4. The van der Waals surface area contributed by atoms with E-state index >= 15 is 0 Å². The third-order valence-electron chi connectivity index (χ3n) is 2.71. The van der Waals surface area contributed by atoms with Crippen LogP contribution in [-0.4, -0.2) is 30.4 Å². The maximum atomic E-state index is 12.0. The molecule has 110 valence electrons. The van der Waals surface area contributed by atoms with Gasteiger partial charge >= 0.3 is 5.97 Å². The summed E-state index contributed by atoms with van der Waals surface area (Å²) in [6.07, 6.45) is 2.18. The largest absolute Gasteiger partial charge is 0.468 e. The molecule has 0 aromatic heterocycles. The van der Waals surface area contributed by atoms with Crippen LogP contribution in [0.1, 0.15) is 18.9 Å². The Balaban J connectivity index is 2.90. The molecule has 0 aliphatic carbocycles. The van der Waals surface area contributed by atoms with E-state index in [-0.39, 0.29) is 0 Å². The Bertz CT molecular complexity index is 572. The van der Waals surface area contributed by atoms with Gasteiger partial charge in [-0.25, -0.2) is 0 Å². The quantitative estimate of drug-likeness (QED) is 0.433. The highest BCUT2D eigenvalue weighted by molar-refractivity contribution is 6.23. The van der Waals surface area contributed by atoms with Crippen molar-refractivity contribution in [1.29, 1.82) is 0 Å². The summed E-state index contributed by atoms with van der Waals surface area (Å²) in [4.78, 5) is 46.4. The van der Waals surface area contributed by atoms with Crippen LogP contribution in [0.2, 0.25) is 0 Å². The van der Waals surface area contributed by atoms with Crippen molar-refractivity contribution in [3.63, 3.8) is 0 Å². The van der Waals surface area contributed by atoms with E-state index in [0.29, 0.717) is 0 Å². The molecule has 5 nitrogen and oxygen atoms in total. The second-order valence-electron chi connectivity index (χ2n) is 4.45. The zero-order chi connectivity index (χ0) is 15.8. The van der Waals surface area contributed by atoms with Gasteiger partial charge in [0.1, 0.15) is 5.78 Å². The van der Waals surface area contributed by atoms with Crippen LogP contribution in [-0.2, 0) is 23.9 Å². The number of benzene rings is 1. The van der Waals surface area contributed by atoms with Crippen LogP contribution in [0.5, 0.6) is 0 Å². The van der Waals surface area contributed by atoms with Gasteiger partial charge in [-0.1, -0.05) is 36.4 Å². The summed E-state index contributed by atoms with van der Waals surface area (Å²) in [6.45, 7) is 1.22. The van der Waals surface area contributed by atoms with E-state index in [4.69, 9.17) is 0 Å². The summed E-state index contributed by atoms with van der Waals surface area (Å²) in [6, 6.07) is 8.96. The van der Waals surface area contributed by atoms with Gasteiger partial charge in [-0.15, -0.1) is 0 Å². The predicted molar refractivity (Wildman–Crippen MR) is 76.3 cm³/mol. The standard InChI is InChI=1S/C16H16O5/c1-11(17)10-14(19)15(16(20)21-2)13(18)9-8-12-6-4-3-5-7-12/h3-9,15H,10H2,1-2H3/b9-8+.